The highest BCUT2D eigenvalue weighted by atomic mass is 127. The van der Waals surface area contributed by atoms with Crippen LogP contribution >= 0.6 is 24.0 Å². The van der Waals surface area contributed by atoms with Crippen LogP contribution in [0, 0.1) is 13.8 Å². The fraction of sp³-hybridized carbons (Fsp3) is 0.737. The lowest BCUT2D eigenvalue weighted by Crippen LogP contribution is -2.42. The van der Waals surface area contributed by atoms with Crippen LogP contribution in [0.1, 0.15) is 36.2 Å². The van der Waals surface area contributed by atoms with Gasteiger partial charge in [-0.05, 0) is 45.1 Å². The summed E-state index contributed by atoms with van der Waals surface area (Å²) >= 11 is 0. The normalized spacial score (nSPS) is 16.6. The molecule has 1 aliphatic rings. The Balaban J connectivity index is 0.00000392. The standard InChI is InChI=1S/C19H34N6O2.HI/c1-14-17(15(2)25(5)23-14)9-6-10-20-19(22-13-18(26)24(3)4)21-12-16-8-7-11-27-16;/h16H,6-13H2,1-5H3,(H2,20,21,22);1H. The molecule has 1 unspecified atom stereocenters. The number of ether oxygens (including phenoxy) is 1. The van der Waals surface area contributed by atoms with E-state index < -0.39 is 0 Å². The first-order chi connectivity index (χ1) is 12.9. The number of aromatic nitrogens is 2. The SMILES string of the molecule is Cc1nn(C)c(C)c1CCCNC(=NCC(=O)N(C)C)NCC1CCCO1.I. The number of hydrogen-bond acceptors (Lipinski definition) is 4. The molecule has 1 aromatic heterocycles. The zero-order valence-corrected chi connectivity index (χ0v) is 20.1. The zero-order chi connectivity index (χ0) is 19.8. The average molecular weight is 506 g/mol. The molecule has 2 rings (SSSR count). The Bertz CT molecular complexity index is 653. The van der Waals surface area contributed by atoms with Crippen molar-refractivity contribution in [3.8, 4) is 0 Å². The first-order valence-corrected chi connectivity index (χ1v) is 9.71. The van der Waals surface area contributed by atoms with Crippen molar-refractivity contribution >= 4 is 35.8 Å². The van der Waals surface area contributed by atoms with Crippen LogP contribution in [0.15, 0.2) is 4.99 Å². The molecular formula is C19H35IN6O2. The molecular weight excluding hydrogens is 471 g/mol. The maximum Gasteiger partial charge on any atom is 0.243 e. The molecule has 1 saturated heterocycles. The molecule has 9 heteroatoms. The Morgan fingerprint density at radius 1 is 1.36 bits per heavy atom. The molecule has 0 spiro atoms. The van der Waals surface area contributed by atoms with E-state index in [1.807, 2.05) is 11.7 Å². The highest BCUT2D eigenvalue weighted by Crippen LogP contribution is 2.13. The number of guanidine groups is 1. The molecule has 0 bridgehead atoms. The molecule has 1 aliphatic heterocycles. The van der Waals surface area contributed by atoms with Crippen molar-refractivity contribution in [3.63, 3.8) is 0 Å². The number of rotatable bonds is 8. The number of hydrogen-bond donors (Lipinski definition) is 2. The van der Waals surface area contributed by atoms with Crippen LogP contribution in [-0.2, 0) is 23.0 Å². The number of carbonyl (C=O) groups is 1. The Morgan fingerprint density at radius 3 is 2.68 bits per heavy atom. The van der Waals surface area contributed by atoms with E-state index in [2.05, 4.69) is 34.6 Å². The quantitative estimate of drug-likeness (QED) is 0.241. The monoisotopic (exact) mass is 506 g/mol. The summed E-state index contributed by atoms with van der Waals surface area (Å²) < 4.78 is 7.58. The smallest absolute Gasteiger partial charge is 0.243 e. The van der Waals surface area contributed by atoms with Crippen molar-refractivity contribution in [2.24, 2.45) is 12.0 Å². The number of halogens is 1. The Labute approximate surface area is 185 Å². The second-order valence-corrected chi connectivity index (χ2v) is 7.27. The third kappa shape index (κ3) is 7.57. The van der Waals surface area contributed by atoms with Gasteiger partial charge >= 0.3 is 0 Å². The third-order valence-electron chi connectivity index (χ3n) is 4.95. The summed E-state index contributed by atoms with van der Waals surface area (Å²) in [7, 11) is 5.46. The molecule has 1 amide bonds. The summed E-state index contributed by atoms with van der Waals surface area (Å²) in [6.07, 6.45) is 4.33. The third-order valence-corrected chi connectivity index (χ3v) is 4.95. The summed E-state index contributed by atoms with van der Waals surface area (Å²) in [5, 5.41) is 11.1. The van der Waals surface area contributed by atoms with Crippen LogP contribution in [0.4, 0.5) is 0 Å². The van der Waals surface area contributed by atoms with E-state index in [-0.39, 0.29) is 42.5 Å². The lowest BCUT2D eigenvalue weighted by molar-refractivity contribution is -0.127. The molecule has 2 N–H and O–H groups in total. The van der Waals surface area contributed by atoms with E-state index in [0.29, 0.717) is 12.5 Å². The van der Waals surface area contributed by atoms with Gasteiger partial charge in [-0.3, -0.25) is 9.48 Å². The second-order valence-electron chi connectivity index (χ2n) is 7.27. The van der Waals surface area contributed by atoms with Crippen LogP contribution in [0.5, 0.6) is 0 Å². The van der Waals surface area contributed by atoms with Crippen LogP contribution in [-0.4, -0.2) is 73.0 Å². The van der Waals surface area contributed by atoms with Crippen LogP contribution in [0.25, 0.3) is 0 Å². The molecule has 0 aromatic carbocycles. The Hall–Kier alpha value is -1.36. The first-order valence-electron chi connectivity index (χ1n) is 9.71. The highest BCUT2D eigenvalue weighted by Gasteiger charge is 2.16. The molecule has 8 nitrogen and oxygen atoms in total. The first kappa shape index (κ1) is 24.7. The van der Waals surface area contributed by atoms with E-state index >= 15 is 0 Å². The number of aryl methyl sites for hydroxylation is 2. The molecule has 0 aliphatic carbocycles. The van der Waals surface area contributed by atoms with Crippen LogP contribution in [0.3, 0.4) is 0 Å². The lowest BCUT2D eigenvalue weighted by atomic mass is 10.1. The van der Waals surface area contributed by atoms with Gasteiger partial charge in [-0.15, -0.1) is 24.0 Å². The van der Waals surface area contributed by atoms with Gasteiger partial charge in [0.05, 0.1) is 11.8 Å². The van der Waals surface area contributed by atoms with Crippen molar-refractivity contribution < 1.29 is 9.53 Å². The molecule has 1 atom stereocenters. The van der Waals surface area contributed by atoms with Gasteiger partial charge in [0.15, 0.2) is 5.96 Å². The van der Waals surface area contributed by atoms with Gasteiger partial charge < -0.3 is 20.3 Å². The summed E-state index contributed by atoms with van der Waals surface area (Å²) in [6, 6.07) is 0. The predicted octanol–water partition coefficient (Wildman–Crippen LogP) is 1.39. The summed E-state index contributed by atoms with van der Waals surface area (Å²) in [6.45, 7) is 6.61. The van der Waals surface area contributed by atoms with E-state index in [0.717, 1.165) is 44.5 Å². The van der Waals surface area contributed by atoms with E-state index in [9.17, 15) is 4.79 Å². The average Bonchev–Trinajstić information content (AvgIpc) is 3.22. The minimum absolute atomic E-state index is 0. The number of nitrogens with zero attached hydrogens (tertiary/aromatic N) is 4. The largest absolute Gasteiger partial charge is 0.376 e. The number of likely N-dealkylation sites (N-methyl/N-ethyl adjacent to an activating group) is 1. The van der Waals surface area contributed by atoms with Crippen LogP contribution in [0.2, 0.25) is 0 Å². The van der Waals surface area contributed by atoms with Crippen molar-refractivity contribution in [1.29, 1.82) is 0 Å². The predicted molar refractivity (Wildman–Crippen MR) is 122 cm³/mol. The zero-order valence-electron chi connectivity index (χ0n) is 17.7. The number of aliphatic imine (C=N–C) groups is 1. The minimum atomic E-state index is -0.0187. The number of carbonyl (C=O) groups excluding carboxylic acids is 1. The van der Waals surface area contributed by atoms with Crippen molar-refractivity contribution in [2.75, 3.05) is 40.3 Å². The molecule has 2 heterocycles. The lowest BCUT2D eigenvalue weighted by Gasteiger charge is -2.16. The van der Waals surface area contributed by atoms with Gasteiger partial charge in [0.2, 0.25) is 5.91 Å². The minimum Gasteiger partial charge on any atom is -0.376 e. The highest BCUT2D eigenvalue weighted by molar-refractivity contribution is 14.0. The Kier molecular flexibility index (Phi) is 10.8. The second kappa shape index (κ2) is 12.3. The van der Waals surface area contributed by atoms with Gasteiger partial charge in [-0.25, -0.2) is 4.99 Å². The maximum absolute atomic E-state index is 11.8. The van der Waals surface area contributed by atoms with E-state index in [1.54, 1.807) is 19.0 Å². The van der Waals surface area contributed by atoms with E-state index in [4.69, 9.17) is 4.74 Å². The van der Waals surface area contributed by atoms with Crippen molar-refractivity contribution in [2.45, 2.75) is 45.6 Å². The molecule has 0 saturated carbocycles. The molecule has 1 aromatic rings. The number of nitrogens with one attached hydrogen (secondary N) is 2. The van der Waals surface area contributed by atoms with Crippen LogP contribution < -0.4 is 10.6 Å². The molecule has 0 radical (unpaired) electrons. The summed E-state index contributed by atoms with van der Waals surface area (Å²) in [5.41, 5.74) is 3.62. The number of amides is 1. The fourth-order valence-electron chi connectivity index (χ4n) is 3.13. The van der Waals surface area contributed by atoms with Crippen molar-refractivity contribution in [3.05, 3.63) is 17.0 Å². The molecule has 28 heavy (non-hydrogen) atoms. The summed E-state index contributed by atoms with van der Waals surface area (Å²) in [5.74, 6) is 0.648. The van der Waals surface area contributed by atoms with E-state index in [1.165, 1.54) is 11.3 Å². The fourth-order valence-corrected chi connectivity index (χ4v) is 3.13. The van der Waals surface area contributed by atoms with Gasteiger partial charge in [0.1, 0.15) is 6.54 Å². The van der Waals surface area contributed by atoms with Gasteiger partial charge in [0.25, 0.3) is 0 Å². The summed E-state index contributed by atoms with van der Waals surface area (Å²) in [4.78, 5) is 17.8. The van der Waals surface area contributed by atoms with Gasteiger partial charge in [-0.2, -0.15) is 5.10 Å². The topological polar surface area (TPSA) is 83.8 Å². The van der Waals surface area contributed by atoms with Gasteiger partial charge in [-0.1, -0.05) is 0 Å². The van der Waals surface area contributed by atoms with Gasteiger partial charge in [0, 0.05) is 46.5 Å². The Morgan fingerprint density at radius 2 is 2.11 bits per heavy atom. The van der Waals surface area contributed by atoms with Crippen molar-refractivity contribution in [1.82, 2.24) is 25.3 Å². The molecule has 160 valence electrons. The molecule has 1 fully saturated rings. The maximum atomic E-state index is 11.8.